The van der Waals surface area contributed by atoms with Crippen LogP contribution in [0, 0.1) is 12.8 Å². The van der Waals surface area contributed by atoms with Gasteiger partial charge in [0, 0.05) is 23.6 Å². The van der Waals surface area contributed by atoms with E-state index in [0.29, 0.717) is 0 Å². The molecule has 1 aliphatic rings. The van der Waals surface area contributed by atoms with Crippen LogP contribution in [0.1, 0.15) is 18.5 Å². The lowest BCUT2D eigenvalue weighted by Gasteiger charge is -2.10. The van der Waals surface area contributed by atoms with Crippen LogP contribution in [-0.4, -0.2) is 11.6 Å². The highest BCUT2D eigenvalue weighted by atomic mass is 16.5. The molecule has 3 rings (SSSR count). The molecule has 0 spiro atoms. The molecule has 0 saturated heterocycles. The molecule has 0 bridgehead atoms. The van der Waals surface area contributed by atoms with Crippen molar-refractivity contribution in [2.75, 3.05) is 12.3 Å². The SMILES string of the molecule is Cc1cc(-c2cc(N)cc(OCC3CC3)c2)ccn1. The van der Waals surface area contributed by atoms with E-state index >= 15 is 0 Å². The highest BCUT2D eigenvalue weighted by Gasteiger charge is 2.22. The summed E-state index contributed by atoms with van der Waals surface area (Å²) in [5, 5.41) is 0. The maximum atomic E-state index is 5.96. The topological polar surface area (TPSA) is 48.1 Å². The molecular weight excluding hydrogens is 236 g/mol. The number of benzene rings is 1. The predicted molar refractivity (Wildman–Crippen MR) is 77.0 cm³/mol. The summed E-state index contributed by atoms with van der Waals surface area (Å²) < 4.78 is 5.81. The number of nitrogens with zero attached hydrogens (tertiary/aromatic N) is 1. The summed E-state index contributed by atoms with van der Waals surface area (Å²) in [4.78, 5) is 4.22. The first-order valence-corrected chi connectivity index (χ1v) is 6.67. The lowest BCUT2D eigenvalue weighted by atomic mass is 10.1. The van der Waals surface area contributed by atoms with Crippen molar-refractivity contribution in [2.45, 2.75) is 19.8 Å². The van der Waals surface area contributed by atoms with Gasteiger partial charge in [0.2, 0.25) is 0 Å². The number of anilines is 1. The number of aryl methyl sites for hydroxylation is 1. The Balaban J connectivity index is 1.87. The number of hydrogen-bond acceptors (Lipinski definition) is 3. The maximum absolute atomic E-state index is 5.96. The highest BCUT2D eigenvalue weighted by Crippen LogP contribution is 2.32. The van der Waals surface area contributed by atoms with Crippen molar-refractivity contribution in [2.24, 2.45) is 5.92 Å². The number of rotatable bonds is 4. The third-order valence-corrected chi connectivity index (χ3v) is 3.34. The summed E-state index contributed by atoms with van der Waals surface area (Å²) in [6, 6.07) is 9.96. The molecule has 1 aromatic carbocycles. The monoisotopic (exact) mass is 254 g/mol. The van der Waals surface area contributed by atoms with Crippen molar-refractivity contribution in [3.05, 3.63) is 42.2 Å². The van der Waals surface area contributed by atoms with Crippen molar-refractivity contribution in [3.63, 3.8) is 0 Å². The first-order chi connectivity index (χ1) is 9.20. The van der Waals surface area contributed by atoms with Crippen molar-refractivity contribution in [1.29, 1.82) is 0 Å². The van der Waals surface area contributed by atoms with Crippen LogP contribution in [0.3, 0.4) is 0 Å². The Hall–Kier alpha value is -2.03. The first kappa shape index (κ1) is 12.0. The maximum Gasteiger partial charge on any atom is 0.121 e. The van der Waals surface area contributed by atoms with Gasteiger partial charge in [-0.1, -0.05) is 0 Å². The van der Waals surface area contributed by atoms with Crippen molar-refractivity contribution in [1.82, 2.24) is 4.98 Å². The zero-order valence-corrected chi connectivity index (χ0v) is 11.1. The van der Waals surface area contributed by atoms with Crippen molar-refractivity contribution in [3.8, 4) is 16.9 Å². The van der Waals surface area contributed by atoms with Gasteiger partial charge in [-0.2, -0.15) is 0 Å². The van der Waals surface area contributed by atoms with Crippen LogP contribution < -0.4 is 10.5 Å². The minimum Gasteiger partial charge on any atom is -0.493 e. The molecule has 2 aromatic rings. The zero-order valence-electron chi connectivity index (χ0n) is 11.1. The average molecular weight is 254 g/mol. The molecule has 98 valence electrons. The Bertz CT molecular complexity index is 591. The fourth-order valence-electron chi connectivity index (χ4n) is 2.10. The van der Waals surface area contributed by atoms with Crippen LogP contribution in [0.15, 0.2) is 36.5 Å². The third kappa shape index (κ3) is 3.05. The standard InChI is InChI=1S/C16H18N2O/c1-11-6-13(4-5-18-11)14-7-15(17)9-16(8-14)19-10-12-2-3-12/h4-9,12H,2-3,10,17H2,1H3. The van der Waals surface area contributed by atoms with Gasteiger partial charge in [0.1, 0.15) is 5.75 Å². The Morgan fingerprint density at radius 1 is 1.21 bits per heavy atom. The second-order valence-electron chi connectivity index (χ2n) is 5.23. The predicted octanol–water partition coefficient (Wildman–Crippen LogP) is 3.43. The molecule has 1 aliphatic carbocycles. The van der Waals surface area contributed by atoms with Gasteiger partial charge < -0.3 is 10.5 Å². The van der Waals surface area contributed by atoms with Gasteiger partial charge in [-0.3, -0.25) is 4.98 Å². The van der Waals surface area contributed by atoms with E-state index in [9.17, 15) is 0 Å². The quantitative estimate of drug-likeness (QED) is 0.850. The normalized spacial score (nSPS) is 14.4. The Kier molecular flexibility index (Phi) is 3.11. The molecule has 1 aromatic heterocycles. The smallest absolute Gasteiger partial charge is 0.121 e. The Morgan fingerprint density at radius 3 is 2.79 bits per heavy atom. The second-order valence-corrected chi connectivity index (χ2v) is 5.23. The molecule has 2 N–H and O–H groups in total. The van der Waals surface area contributed by atoms with E-state index in [1.54, 1.807) is 0 Å². The van der Waals surface area contributed by atoms with Crippen LogP contribution in [0.25, 0.3) is 11.1 Å². The van der Waals surface area contributed by atoms with Gasteiger partial charge in [-0.05, 0) is 61.1 Å². The molecule has 1 saturated carbocycles. The van der Waals surface area contributed by atoms with E-state index in [2.05, 4.69) is 11.1 Å². The third-order valence-electron chi connectivity index (χ3n) is 3.34. The lowest BCUT2D eigenvalue weighted by molar-refractivity contribution is 0.300. The summed E-state index contributed by atoms with van der Waals surface area (Å²) in [6.45, 7) is 2.79. The average Bonchev–Trinajstić information content (AvgIpc) is 3.20. The number of nitrogen functional groups attached to an aromatic ring is 1. The van der Waals surface area contributed by atoms with Gasteiger partial charge in [0.15, 0.2) is 0 Å². The van der Waals surface area contributed by atoms with Gasteiger partial charge in [0.25, 0.3) is 0 Å². The summed E-state index contributed by atoms with van der Waals surface area (Å²) in [6.07, 6.45) is 4.40. The van der Waals surface area contributed by atoms with Gasteiger partial charge in [0.05, 0.1) is 6.61 Å². The fourth-order valence-corrected chi connectivity index (χ4v) is 2.10. The van der Waals surface area contributed by atoms with Crippen LogP contribution in [0.2, 0.25) is 0 Å². The van der Waals surface area contributed by atoms with E-state index in [1.165, 1.54) is 12.8 Å². The van der Waals surface area contributed by atoms with E-state index in [1.807, 2.05) is 37.4 Å². The molecule has 19 heavy (non-hydrogen) atoms. The lowest BCUT2D eigenvalue weighted by Crippen LogP contribution is -2.00. The van der Waals surface area contributed by atoms with Crippen LogP contribution in [0.5, 0.6) is 5.75 Å². The summed E-state index contributed by atoms with van der Waals surface area (Å²) >= 11 is 0. The van der Waals surface area contributed by atoms with E-state index < -0.39 is 0 Å². The molecule has 3 nitrogen and oxygen atoms in total. The minimum absolute atomic E-state index is 0.734. The largest absolute Gasteiger partial charge is 0.493 e. The molecule has 0 amide bonds. The van der Waals surface area contributed by atoms with Crippen LogP contribution >= 0.6 is 0 Å². The molecule has 0 radical (unpaired) electrons. The highest BCUT2D eigenvalue weighted by molar-refractivity contribution is 5.69. The van der Waals surface area contributed by atoms with Gasteiger partial charge in [-0.25, -0.2) is 0 Å². The van der Waals surface area contributed by atoms with Gasteiger partial charge >= 0.3 is 0 Å². The van der Waals surface area contributed by atoms with Crippen molar-refractivity contribution < 1.29 is 4.74 Å². The number of hydrogen-bond donors (Lipinski definition) is 1. The fraction of sp³-hybridized carbons (Fsp3) is 0.312. The summed E-state index contributed by atoms with van der Waals surface area (Å²) in [7, 11) is 0. The molecule has 3 heteroatoms. The molecular formula is C16H18N2O. The Morgan fingerprint density at radius 2 is 2.05 bits per heavy atom. The molecule has 0 atom stereocenters. The van der Waals surface area contributed by atoms with Crippen LogP contribution in [-0.2, 0) is 0 Å². The zero-order chi connectivity index (χ0) is 13.2. The molecule has 0 aliphatic heterocycles. The minimum atomic E-state index is 0.734. The Labute approximate surface area is 113 Å². The van der Waals surface area contributed by atoms with E-state index in [-0.39, 0.29) is 0 Å². The van der Waals surface area contributed by atoms with Crippen LogP contribution in [0.4, 0.5) is 5.69 Å². The number of ether oxygens (including phenoxy) is 1. The summed E-state index contributed by atoms with van der Waals surface area (Å²) in [5.41, 5.74) is 9.90. The van der Waals surface area contributed by atoms with Crippen molar-refractivity contribution >= 4 is 5.69 Å². The number of pyridine rings is 1. The first-order valence-electron chi connectivity index (χ1n) is 6.67. The summed E-state index contributed by atoms with van der Waals surface area (Å²) in [5.74, 6) is 1.60. The number of aromatic nitrogens is 1. The van der Waals surface area contributed by atoms with E-state index in [4.69, 9.17) is 10.5 Å². The van der Waals surface area contributed by atoms with Gasteiger partial charge in [-0.15, -0.1) is 0 Å². The second kappa shape index (κ2) is 4.92. The molecule has 1 fully saturated rings. The van der Waals surface area contributed by atoms with E-state index in [0.717, 1.165) is 40.8 Å². The molecule has 0 unspecified atom stereocenters. The number of nitrogens with two attached hydrogens (primary N) is 1. The molecule has 1 heterocycles.